The van der Waals surface area contributed by atoms with Gasteiger partial charge in [0.25, 0.3) is 5.91 Å². The largest absolute Gasteiger partial charge is 0.486 e. The highest BCUT2D eigenvalue weighted by atomic mass is 19.1. The fraction of sp³-hybridized carbons (Fsp3) is 0.250. The SMILES string of the molecule is NCC(=CF)COc1ccc(C(=O)N2CCc3ccccc3C2)cc1F. The van der Waals surface area contributed by atoms with Gasteiger partial charge in [-0.05, 0) is 35.7 Å². The molecule has 0 aromatic heterocycles. The van der Waals surface area contributed by atoms with E-state index in [0.29, 0.717) is 19.4 Å². The summed E-state index contributed by atoms with van der Waals surface area (Å²) < 4.78 is 31.9. The molecule has 2 aromatic rings. The number of amides is 1. The Balaban J connectivity index is 1.70. The van der Waals surface area contributed by atoms with Crippen LogP contribution in [0.3, 0.4) is 0 Å². The maximum Gasteiger partial charge on any atom is 0.254 e. The highest BCUT2D eigenvalue weighted by Gasteiger charge is 2.22. The normalized spacial score (nSPS) is 14.1. The van der Waals surface area contributed by atoms with Gasteiger partial charge in [0.1, 0.15) is 6.61 Å². The van der Waals surface area contributed by atoms with E-state index in [0.717, 1.165) is 18.1 Å². The highest BCUT2D eigenvalue weighted by Crippen LogP contribution is 2.23. The molecule has 2 N–H and O–H groups in total. The summed E-state index contributed by atoms with van der Waals surface area (Å²) in [5, 5.41) is 0. The van der Waals surface area contributed by atoms with E-state index in [1.165, 1.54) is 17.7 Å². The number of rotatable bonds is 5. The van der Waals surface area contributed by atoms with Crippen LogP contribution < -0.4 is 10.5 Å². The molecule has 0 unspecified atom stereocenters. The van der Waals surface area contributed by atoms with Crippen LogP contribution in [-0.4, -0.2) is 30.5 Å². The molecule has 1 aliphatic rings. The number of carbonyl (C=O) groups is 1. The number of ether oxygens (including phenoxy) is 1. The van der Waals surface area contributed by atoms with Crippen LogP contribution in [0.4, 0.5) is 8.78 Å². The molecule has 1 heterocycles. The van der Waals surface area contributed by atoms with Gasteiger partial charge in [0.15, 0.2) is 11.6 Å². The monoisotopic (exact) mass is 358 g/mol. The summed E-state index contributed by atoms with van der Waals surface area (Å²) in [7, 11) is 0. The number of hydrogen-bond acceptors (Lipinski definition) is 3. The Bertz CT molecular complexity index is 836. The molecular formula is C20H20F2N2O2. The van der Waals surface area contributed by atoms with E-state index in [-0.39, 0.29) is 35.9 Å². The van der Waals surface area contributed by atoms with Gasteiger partial charge in [0, 0.05) is 30.8 Å². The minimum absolute atomic E-state index is 0.00881. The van der Waals surface area contributed by atoms with Gasteiger partial charge in [-0.1, -0.05) is 24.3 Å². The second kappa shape index (κ2) is 8.10. The van der Waals surface area contributed by atoms with Gasteiger partial charge in [0.05, 0.1) is 6.33 Å². The minimum atomic E-state index is -0.663. The average molecular weight is 358 g/mol. The van der Waals surface area contributed by atoms with Crippen LogP contribution >= 0.6 is 0 Å². The number of nitrogens with zero attached hydrogens (tertiary/aromatic N) is 1. The van der Waals surface area contributed by atoms with E-state index in [9.17, 15) is 13.6 Å². The first-order valence-electron chi connectivity index (χ1n) is 8.39. The molecule has 1 amide bonds. The molecule has 2 aromatic carbocycles. The first-order chi connectivity index (χ1) is 12.6. The second-order valence-corrected chi connectivity index (χ2v) is 6.15. The van der Waals surface area contributed by atoms with Crippen LogP contribution in [0.1, 0.15) is 21.5 Å². The summed E-state index contributed by atoms with van der Waals surface area (Å²) in [5.41, 5.74) is 8.16. The fourth-order valence-corrected chi connectivity index (χ4v) is 2.91. The van der Waals surface area contributed by atoms with Gasteiger partial charge >= 0.3 is 0 Å². The van der Waals surface area contributed by atoms with Crippen LogP contribution in [0, 0.1) is 5.82 Å². The number of fused-ring (bicyclic) bond motifs is 1. The van der Waals surface area contributed by atoms with Crippen LogP contribution in [-0.2, 0) is 13.0 Å². The molecule has 0 radical (unpaired) electrons. The zero-order valence-electron chi connectivity index (χ0n) is 14.3. The smallest absolute Gasteiger partial charge is 0.254 e. The molecule has 1 aliphatic heterocycles. The maximum absolute atomic E-state index is 14.2. The van der Waals surface area contributed by atoms with Gasteiger partial charge in [-0.15, -0.1) is 0 Å². The van der Waals surface area contributed by atoms with Crippen molar-refractivity contribution in [1.82, 2.24) is 4.90 Å². The second-order valence-electron chi connectivity index (χ2n) is 6.15. The summed E-state index contributed by atoms with van der Waals surface area (Å²) >= 11 is 0. The van der Waals surface area contributed by atoms with Crippen LogP contribution in [0.25, 0.3) is 0 Å². The Morgan fingerprint density at radius 2 is 2.00 bits per heavy atom. The molecule has 0 fully saturated rings. The van der Waals surface area contributed by atoms with Gasteiger partial charge in [0.2, 0.25) is 0 Å². The number of nitrogens with two attached hydrogens (primary N) is 1. The molecular weight excluding hydrogens is 338 g/mol. The third-order valence-corrected chi connectivity index (χ3v) is 4.43. The lowest BCUT2D eigenvalue weighted by Crippen LogP contribution is -2.35. The summed E-state index contributed by atoms with van der Waals surface area (Å²) in [4.78, 5) is 14.4. The third kappa shape index (κ3) is 3.91. The number of hydrogen-bond donors (Lipinski definition) is 1. The summed E-state index contributed by atoms with van der Waals surface area (Å²) in [5.74, 6) is -0.932. The fourth-order valence-electron chi connectivity index (χ4n) is 2.91. The molecule has 3 rings (SSSR count). The van der Waals surface area contributed by atoms with Crippen molar-refractivity contribution in [2.45, 2.75) is 13.0 Å². The van der Waals surface area contributed by atoms with Crippen molar-refractivity contribution in [2.75, 3.05) is 19.7 Å². The van der Waals surface area contributed by atoms with Crippen molar-refractivity contribution in [2.24, 2.45) is 5.73 Å². The van der Waals surface area contributed by atoms with Crippen LogP contribution in [0.2, 0.25) is 0 Å². The summed E-state index contributed by atoms with van der Waals surface area (Å²) in [6.45, 7) is 0.956. The number of benzene rings is 2. The van der Waals surface area contributed by atoms with Gasteiger partial charge in [-0.3, -0.25) is 4.79 Å². The Kier molecular flexibility index (Phi) is 5.63. The standard InChI is InChI=1S/C20H20F2N2O2/c21-10-14(11-23)13-26-19-6-5-16(9-18(19)22)20(25)24-8-7-15-3-1-2-4-17(15)12-24/h1-6,9-10H,7-8,11-13,23H2. The molecule has 136 valence electrons. The van der Waals surface area contributed by atoms with E-state index in [1.54, 1.807) is 4.90 Å². The molecule has 0 spiro atoms. The molecule has 0 atom stereocenters. The zero-order valence-corrected chi connectivity index (χ0v) is 14.3. The van der Waals surface area contributed by atoms with Crippen molar-refractivity contribution in [3.63, 3.8) is 0 Å². The predicted octanol–water partition coefficient (Wildman–Crippen LogP) is 3.22. The molecule has 6 heteroatoms. The topological polar surface area (TPSA) is 55.6 Å². The van der Waals surface area contributed by atoms with E-state index >= 15 is 0 Å². The molecule has 4 nitrogen and oxygen atoms in total. The van der Waals surface area contributed by atoms with Crippen molar-refractivity contribution in [3.8, 4) is 5.75 Å². The lowest BCUT2D eigenvalue weighted by Gasteiger charge is -2.29. The molecule has 0 saturated carbocycles. The van der Waals surface area contributed by atoms with Crippen molar-refractivity contribution >= 4 is 5.91 Å². The van der Waals surface area contributed by atoms with Crippen LogP contribution in [0.15, 0.2) is 54.4 Å². The minimum Gasteiger partial charge on any atom is -0.486 e. The number of carbonyl (C=O) groups excluding carboxylic acids is 1. The predicted molar refractivity (Wildman–Crippen MR) is 95.0 cm³/mol. The first-order valence-corrected chi connectivity index (χ1v) is 8.39. The zero-order chi connectivity index (χ0) is 18.5. The quantitative estimate of drug-likeness (QED) is 0.893. The Morgan fingerprint density at radius 1 is 1.23 bits per heavy atom. The third-order valence-electron chi connectivity index (χ3n) is 4.43. The van der Waals surface area contributed by atoms with Crippen LogP contribution in [0.5, 0.6) is 5.75 Å². The maximum atomic E-state index is 14.2. The van der Waals surface area contributed by atoms with Gasteiger partial charge in [-0.25, -0.2) is 8.78 Å². The highest BCUT2D eigenvalue weighted by molar-refractivity contribution is 5.94. The molecule has 26 heavy (non-hydrogen) atoms. The Labute approximate surface area is 150 Å². The van der Waals surface area contributed by atoms with E-state index in [1.807, 2.05) is 18.2 Å². The Morgan fingerprint density at radius 3 is 2.69 bits per heavy atom. The molecule has 0 saturated heterocycles. The average Bonchev–Trinajstić information content (AvgIpc) is 2.68. The van der Waals surface area contributed by atoms with E-state index in [2.05, 4.69) is 6.07 Å². The summed E-state index contributed by atoms with van der Waals surface area (Å²) in [6.07, 6.45) is 1.13. The van der Waals surface area contributed by atoms with Crippen molar-refractivity contribution in [3.05, 3.63) is 76.9 Å². The molecule has 0 bridgehead atoms. The lowest BCUT2D eigenvalue weighted by atomic mass is 9.99. The van der Waals surface area contributed by atoms with E-state index < -0.39 is 5.82 Å². The lowest BCUT2D eigenvalue weighted by molar-refractivity contribution is 0.0734. The number of halogens is 2. The summed E-state index contributed by atoms with van der Waals surface area (Å²) in [6, 6.07) is 12.0. The van der Waals surface area contributed by atoms with E-state index in [4.69, 9.17) is 10.5 Å². The van der Waals surface area contributed by atoms with Crippen molar-refractivity contribution in [1.29, 1.82) is 0 Å². The van der Waals surface area contributed by atoms with Crippen molar-refractivity contribution < 1.29 is 18.3 Å². The first kappa shape index (κ1) is 18.1. The Hall–Kier alpha value is -2.73. The van der Waals surface area contributed by atoms with Gasteiger partial charge < -0.3 is 15.4 Å². The molecule has 0 aliphatic carbocycles. The van der Waals surface area contributed by atoms with Gasteiger partial charge in [-0.2, -0.15) is 0 Å².